The second-order valence-electron chi connectivity index (χ2n) is 4.66. The van der Waals surface area contributed by atoms with Crippen LogP contribution < -0.4 is 5.73 Å². The van der Waals surface area contributed by atoms with Gasteiger partial charge in [-0.2, -0.15) is 0 Å². The molecular formula is C12H27N. The van der Waals surface area contributed by atoms with Gasteiger partial charge in [-0.15, -0.1) is 0 Å². The summed E-state index contributed by atoms with van der Waals surface area (Å²) in [5.41, 5.74) is 5.58. The Morgan fingerprint density at radius 2 is 1.38 bits per heavy atom. The van der Waals surface area contributed by atoms with E-state index in [1.807, 2.05) is 0 Å². The van der Waals surface area contributed by atoms with Crippen LogP contribution in [0.25, 0.3) is 0 Å². The molecule has 0 aliphatic rings. The summed E-state index contributed by atoms with van der Waals surface area (Å²) in [6.07, 6.45) is 2.46. The minimum atomic E-state index is 0.772. The summed E-state index contributed by atoms with van der Waals surface area (Å²) in [4.78, 5) is 0. The van der Waals surface area contributed by atoms with Gasteiger partial charge in [-0.1, -0.05) is 41.0 Å². The summed E-state index contributed by atoms with van der Waals surface area (Å²) >= 11 is 0. The molecule has 4 unspecified atom stereocenters. The highest BCUT2D eigenvalue weighted by Crippen LogP contribution is 2.29. The molecule has 0 amide bonds. The van der Waals surface area contributed by atoms with Gasteiger partial charge in [0.25, 0.3) is 0 Å². The van der Waals surface area contributed by atoms with Crippen LogP contribution in [-0.4, -0.2) is 6.54 Å². The Balaban J connectivity index is 3.99. The zero-order valence-corrected chi connectivity index (χ0v) is 10.0. The molecule has 0 aliphatic heterocycles. The van der Waals surface area contributed by atoms with Crippen LogP contribution in [0.4, 0.5) is 0 Å². The normalized spacial score (nSPS) is 20.8. The number of nitrogens with two attached hydrogens (primary N) is 1. The lowest BCUT2D eigenvalue weighted by atomic mass is 9.76. The number of hydrogen-bond acceptors (Lipinski definition) is 1. The summed E-state index contributed by atoms with van der Waals surface area (Å²) in [6.45, 7) is 12.6. The lowest BCUT2D eigenvalue weighted by Gasteiger charge is -2.30. The summed E-state index contributed by atoms with van der Waals surface area (Å²) in [7, 11) is 0. The van der Waals surface area contributed by atoms with Crippen molar-refractivity contribution in [1.29, 1.82) is 0 Å². The first kappa shape index (κ1) is 13.0. The molecule has 0 aliphatic carbocycles. The molecular weight excluding hydrogens is 158 g/mol. The van der Waals surface area contributed by atoms with E-state index >= 15 is 0 Å². The first-order chi connectivity index (χ1) is 6.04. The first-order valence-corrected chi connectivity index (χ1v) is 5.74. The molecule has 1 nitrogen and oxygen atoms in total. The molecule has 0 rings (SSSR count). The quantitative estimate of drug-likeness (QED) is 0.675. The number of hydrogen-bond donors (Lipinski definition) is 1. The molecule has 1 heteroatoms. The van der Waals surface area contributed by atoms with Gasteiger partial charge in [0.15, 0.2) is 0 Å². The third-order valence-corrected chi connectivity index (χ3v) is 3.89. The highest BCUT2D eigenvalue weighted by Gasteiger charge is 2.22. The van der Waals surface area contributed by atoms with E-state index in [2.05, 4.69) is 34.6 Å². The van der Waals surface area contributed by atoms with E-state index in [9.17, 15) is 0 Å². The van der Waals surface area contributed by atoms with Gasteiger partial charge in [0.05, 0.1) is 0 Å². The fraction of sp³-hybridized carbons (Fsp3) is 1.00. The smallest absolute Gasteiger partial charge is 0.00746 e. The largest absolute Gasteiger partial charge is 0.330 e. The predicted octanol–water partition coefficient (Wildman–Crippen LogP) is 3.29. The molecule has 0 saturated carbocycles. The lowest BCUT2D eigenvalue weighted by Crippen LogP contribution is -2.23. The molecule has 0 aromatic carbocycles. The van der Waals surface area contributed by atoms with Crippen LogP contribution in [0.2, 0.25) is 0 Å². The second kappa shape index (κ2) is 6.42. The van der Waals surface area contributed by atoms with Crippen molar-refractivity contribution in [3.8, 4) is 0 Å². The molecule has 0 heterocycles. The summed E-state index contributed by atoms with van der Waals surface area (Å²) in [5.74, 6) is 3.24. The minimum Gasteiger partial charge on any atom is -0.330 e. The van der Waals surface area contributed by atoms with Crippen molar-refractivity contribution in [2.75, 3.05) is 6.54 Å². The van der Waals surface area contributed by atoms with Crippen LogP contribution in [0.1, 0.15) is 47.5 Å². The van der Waals surface area contributed by atoms with Crippen molar-refractivity contribution in [3.63, 3.8) is 0 Å². The first-order valence-electron chi connectivity index (χ1n) is 5.74. The van der Waals surface area contributed by atoms with E-state index in [1.54, 1.807) is 0 Å². The van der Waals surface area contributed by atoms with Crippen LogP contribution in [0, 0.1) is 23.7 Å². The average molecular weight is 185 g/mol. The van der Waals surface area contributed by atoms with E-state index in [4.69, 9.17) is 5.73 Å². The van der Waals surface area contributed by atoms with Gasteiger partial charge in [0.2, 0.25) is 0 Å². The van der Waals surface area contributed by atoms with Gasteiger partial charge in [-0.25, -0.2) is 0 Å². The zero-order chi connectivity index (χ0) is 10.4. The maximum atomic E-state index is 5.58. The van der Waals surface area contributed by atoms with E-state index in [0.717, 1.165) is 30.2 Å². The van der Waals surface area contributed by atoms with Crippen molar-refractivity contribution < 1.29 is 0 Å². The van der Waals surface area contributed by atoms with E-state index < -0.39 is 0 Å². The molecule has 0 aromatic heterocycles. The van der Waals surface area contributed by atoms with Crippen LogP contribution in [-0.2, 0) is 0 Å². The molecule has 0 saturated heterocycles. The Kier molecular flexibility index (Phi) is 6.40. The van der Waals surface area contributed by atoms with Crippen LogP contribution in [0.3, 0.4) is 0 Å². The van der Waals surface area contributed by atoms with Gasteiger partial charge in [0, 0.05) is 0 Å². The Bertz CT molecular complexity index is 122. The Hall–Kier alpha value is -0.0400. The third-order valence-electron chi connectivity index (χ3n) is 3.89. The molecule has 0 bridgehead atoms. The number of rotatable bonds is 6. The monoisotopic (exact) mass is 185 g/mol. The van der Waals surface area contributed by atoms with Gasteiger partial charge >= 0.3 is 0 Å². The molecule has 0 radical (unpaired) electrons. The lowest BCUT2D eigenvalue weighted by molar-refractivity contribution is 0.203. The second-order valence-corrected chi connectivity index (χ2v) is 4.66. The van der Waals surface area contributed by atoms with Crippen LogP contribution in [0.5, 0.6) is 0 Å². The van der Waals surface area contributed by atoms with Crippen molar-refractivity contribution >= 4 is 0 Å². The van der Waals surface area contributed by atoms with Gasteiger partial charge in [-0.3, -0.25) is 0 Å². The van der Waals surface area contributed by atoms with Gasteiger partial charge in [-0.05, 0) is 36.6 Å². The minimum absolute atomic E-state index is 0.772. The van der Waals surface area contributed by atoms with E-state index in [-0.39, 0.29) is 0 Å². The fourth-order valence-corrected chi connectivity index (χ4v) is 1.93. The molecule has 0 aromatic rings. The molecule has 13 heavy (non-hydrogen) atoms. The Morgan fingerprint density at radius 3 is 1.77 bits per heavy atom. The van der Waals surface area contributed by atoms with Crippen molar-refractivity contribution in [3.05, 3.63) is 0 Å². The summed E-state index contributed by atoms with van der Waals surface area (Å²) in [6, 6.07) is 0. The fourth-order valence-electron chi connectivity index (χ4n) is 1.93. The molecule has 2 N–H and O–H groups in total. The van der Waals surface area contributed by atoms with Crippen LogP contribution >= 0.6 is 0 Å². The molecule has 0 fully saturated rings. The van der Waals surface area contributed by atoms with Crippen molar-refractivity contribution in [2.24, 2.45) is 29.4 Å². The van der Waals surface area contributed by atoms with Crippen molar-refractivity contribution in [1.82, 2.24) is 0 Å². The third kappa shape index (κ3) is 4.12. The molecule has 4 atom stereocenters. The Labute approximate surface area is 84.1 Å². The summed E-state index contributed by atoms with van der Waals surface area (Å²) in [5, 5.41) is 0. The van der Waals surface area contributed by atoms with Gasteiger partial charge < -0.3 is 5.73 Å². The van der Waals surface area contributed by atoms with Crippen LogP contribution in [0.15, 0.2) is 0 Å². The highest BCUT2D eigenvalue weighted by atomic mass is 14.5. The average Bonchev–Trinajstić information content (AvgIpc) is 2.14. The standard InChI is InChI=1S/C12H27N/c1-6-9(2)11(4)12(5)10(3)7-8-13/h9-12H,6-8,13H2,1-5H3. The van der Waals surface area contributed by atoms with Crippen molar-refractivity contribution in [2.45, 2.75) is 47.5 Å². The highest BCUT2D eigenvalue weighted by molar-refractivity contribution is 4.72. The predicted molar refractivity (Wildman–Crippen MR) is 60.6 cm³/mol. The maximum Gasteiger partial charge on any atom is -0.00746 e. The SMILES string of the molecule is CCC(C)C(C)C(C)C(C)CCN. The topological polar surface area (TPSA) is 26.0 Å². The maximum absolute atomic E-state index is 5.58. The van der Waals surface area contributed by atoms with Gasteiger partial charge in [0.1, 0.15) is 0 Å². The van der Waals surface area contributed by atoms with E-state index in [0.29, 0.717) is 0 Å². The zero-order valence-electron chi connectivity index (χ0n) is 10.0. The molecule has 80 valence electrons. The molecule has 0 spiro atoms. The summed E-state index contributed by atoms with van der Waals surface area (Å²) < 4.78 is 0. The Morgan fingerprint density at radius 1 is 0.923 bits per heavy atom. The van der Waals surface area contributed by atoms with E-state index in [1.165, 1.54) is 12.8 Å².